The lowest BCUT2D eigenvalue weighted by molar-refractivity contribution is 1.18. The van der Waals surface area contributed by atoms with Crippen LogP contribution >= 0.6 is 0 Å². The van der Waals surface area contributed by atoms with E-state index in [0.29, 0.717) is 5.56 Å². The largest absolute Gasteiger partial charge is 0.309 e. The fourth-order valence-corrected chi connectivity index (χ4v) is 6.52. The zero-order valence-corrected chi connectivity index (χ0v) is 24.6. The standard InChI is InChI=1S/C43H28N2/c44-29-35-16-7-8-20-38(35)39-21-10-9-19-37(39)34-17-11-18-36(26-34)45-42-24-22-32(30-12-3-1-4-13-30)27-40(42)41-28-33(23-25-43(41)45)31-14-5-2-6-15-31/h1-28H. The molecule has 2 heteroatoms. The van der Waals surface area contributed by atoms with Crippen LogP contribution in [0.1, 0.15) is 5.56 Å². The second kappa shape index (κ2) is 11.2. The Morgan fingerprint density at radius 3 is 1.49 bits per heavy atom. The van der Waals surface area contributed by atoms with Gasteiger partial charge in [-0.3, -0.25) is 0 Å². The molecule has 1 aromatic heterocycles. The summed E-state index contributed by atoms with van der Waals surface area (Å²) in [7, 11) is 0. The Labute approximate surface area is 262 Å². The van der Waals surface area contributed by atoms with E-state index in [1.165, 1.54) is 33.0 Å². The molecule has 0 aliphatic rings. The van der Waals surface area contributed by atoms with Crippen molar-refractivity contribution >= 4 is 21.8 Å². The lowest BCUT2D eigenvalue weighted by Gasteiger charge is -2.14. The maximum atomic E-state index is 9.84. The molecule has 2 nitrogen and oxygen atoms in total. The van der Waals surface area contributed by atoms with Crippen LogP contribution in [0.5, 0.6) is 0 Å². The van der Waals surface area contributed by atoms with Gasteiger partial charge in [0.05, 0.1) is 22.7 Å². The van der Waals surface area contributed by atoms with Crippen LogP contribution in [0.15, 0.2) is 170 Å². The van der Waals surface area contributed by atoms with Crippen LogP contribution in [0.4, 0.5) is 0 Å². The molecular weight excluding hydrogens is 544 g/mol. The van der Waals surface area contributed by atoms with Gasteiger partial charge in [-0.1, -0.05) is 127 Å². The summed E-state index contributed by atoms with van der Waals surface area (Å²) >= 11 is 0. The van der Waals surface area contributed by atoms with Crippen molar-refractivity contribution in [2.75, 3.05) is 0 Å². The second-order valence-electron chi connectivity index (χ2n) is 11.3. The van der Waals surface area contributed by atoms with Crippen molar-refractivity contribution < 1.29 is 0 Å². The van der Waals surface area contributed by atoms with E-state index in [2.05, 4.69) is 150 Å². The molecule has 0 atom stereocenters. The first-order chi connectivity index (χ1) is 22.3. The summed E-state index contributed by atoms with van der Waals surface area (Å²) in [5, 5.41) is 12.3. The highest BCUT2D eigenvalue weighted by Crippen LogP contribution is 2.39. The van der Waals surface area contributed by atoms with Gasteiger partial charge in [0.2, 0.25) is 0 Å². The topological polar surface area (TPSA) is 28.7 Å². The smallest absolute Gasteiger partial charge is 0.0998 e. The molecule has 0 bridgehead atoms. The number of hydrogen-bond donors (Lipinski definition) is 0. The van der Waals surface area contributed by atoms with Gasteiger partial charge >= 0.3 is 0 Å². The molecule has 45 heavy (non-hydrogen) atoms. The van der Waals surface area contributed by atoms with Crippen LogP contribution in [0.2, 0.25) is 0 Å². The van der Waals surface area contributed by atoms with Crippen molar-refractivity contribution in [3.8, 4) is 56.3 Å². The van der Waals surface area contributed by atoms with Crippen molar-refractivity contribution in [1.82, 2.24) is 4.57 Å². The van der Waals surface area contributed by atoms with E-state index in [4.69, 9.17) is 0 Å². The summed E-state index contributed by atoms with van der Waals surface area (Å²) < 4.78 is 2.38. The number of aromatic nitrogens is 1. The maximum Gasteiger partial charge on any atom is 0.0998 e. The molecule has 0 aliphatic heterocycles. The highest BCUT2D eigenvalue weighted by Gasteiger charge is 2.16. The third-order valence-electron chi connectivity index (χ3n) is 8.66. The Kier molecular flexibility index (Phi) is 6.56. The molecule has 210 valence electrons. The average molecular weight is 573 g/mol. The molecule has 8 rings (SSSR count). The van der Waals surface area contributed by atoms with E-state index in [1.54, 1.807) is 0 Å². The Balaban J connectivity index is 1.35. The number of fused-ring (bicyclic) bond motifs is 3. The van der Waals surface area contributed by atoms with Crippen molar-refractivity contribution in [1.29, 1.82) is 5.26 Å². The molecule has 1 heterocycles. The monoisotopic (exact) mass is 572 g/mol. The molecule has 0 saturated heterocycles. The Morgan fingerprint density at radius 2 is 0.889 bits per heavy atom. The van der Waals surface area contributed by atoms with Crippen molar-refractivity contribution in [3.63, 3.8) is 0 Å². The maximum absolute atomic E-state index is 9.84. The number of benzene rings is 7. The molecule has 8 aromatic rings. The molecule has 0 N–H and O–H groups in total. The van der Waals surface area contributed by atoms with Gasteiger partial charge < -0.3 is 4.57 Å². The first-order valence-electron chi connectivity index (χ1n) is 15.2. The van der Waals surface area contributed by atoms with Crippen LogP contribution < -0.4 is 0 Å². The fraction of sp³-hybridized carbons (Fsp3) is 0. The average Bonchev–Trinajstić information content (AvgIpc) is 3.45. The molecule has 0 fully saturated rings. The van der Waals surface area contributed by atoms with Crippen LogP contribution in [-0.2, 0) is 0 Å². The van der Waals surface area contributed by atoms with Crippen molar-refractivity contribution in [2.24, 2.45) is 0 Å². The van der Waals surface area contributed by atoms with Gasteiger partial charge in [0.15, 0.2) is 0 Å². The summed E-state index contributed by atoms with van der Waals surface area (Å²) in [5.74, 6) is 0. The summed E-state index contributed by atoms with van der Waals surface area (Å²) in [6.07, 6.45) is 0. The SMILES string of the molecule is N#Cc1ccccc1-c1ccccc1-c1cccc(-n2c3ccc(-c4ccccc4)cc3c3cc(-c4ccccc4)ccc32)c1. The summed E-state index contributed by atoms with van der Waals surface area (Å²) in [6.45, 7) is 0. The first-order valence-corrected chi connectivity index (χ1v) is 15.2. The number of nitriles is 1. The van der Waals surface area contributed by atoms with Gasteiger partial charge in [-0.15, -0.1) is 0 Å². The quantitative estimate of drug-likeness (QED) is 0.202. The minimum absolute atomic E-state index is 0.673. The van der Waals surface area contributed by atoms with Crippen LogP contribution in [-0.4, -0.2) is 4.57 Å². The zero-order chi connectivity index (χ0) is 30.2. The van der Waals surface area contributed by atoms with Gasteiger partial charge in [-0.2, -0.15) is 5.26 Å². The van der Waals surface area contributed by atoms with E-state index in [9.17, 15) is 5.26 Å². The van der Waals surface area contributed by atoms with Crippen LogP contribution in [0.3, 0.4) is 0 Å². The Morgan fingerprint density at radius 1 is 0.378 bits per heavy atom. The van der Waals surface area contributed by atoms with Gasteiger partial charge in [0, 0.05) is 22.0 Å². The van der Waals surface area contributed by atoms with Gasteiger partial charge in [0.25, 0.3) is 0 Å². The van der Waals surface area contributed by atoms with Gasteiger partial charge in [-0.05, 0) is 81.4 Å². The Bertz CT molecular complexity index is 2280. The van der Waals surface area contributed by atoms with E-state index in [-0.39, 0.29) is 0 Å². The third kappa shape index (κ3) is 4.68. The number of hydrogen-bond acceptors (Lipinski definition) is 1. The lowest BCUT2D eigenvalue weighted by Crippen LogP contribution is -1.95. The number of nitrogens with zero attached hydrogens (tertiary/aromatic N) is 2. The minimum Gasteiger partial charge on any atom is -0.309 e. The predicted molar refractivity (Wildman–Crippen MR) is 187 cm³/mol. The molecule has 7 aromatic carbocycles. The van der Waals surface area contributed by atoms with Crippen molar-refractivity contribution in [2.45, 2.75) is 0 Å². The molecule has 0 spiro atoms. The Hall–Kier alpha value is -6.17. The number of rotatable bonds is 5. The summed E-state index contributed by atoms with van der Waals surface area (Å²) in [4.78, 5) is 0. The van der Waals surface area contributed by atoms with Gasteiger partial charge in [0.1, 0.15) is 0 Å². The molecule has 0 radical (unpaired) electrons. The zero-order valence-electron chi connectivity index (χ0n) is 24.6. The van der Waals surface area contributed by atoms with E-state index in [1.807, 2.05) is 30.3 Å². The lowest BCUT2D eigenvalue weighted by atomic mass is 9.92. The van der Waals surface area contributed by atoms with Crippen LogP contribution in [0.25, 0.3) is 72.0 Å². The highest BCUT2D eigenvalue weighted by atomic mass is 15.0. The highest BCUT2D eigenvalue weighted by molar-refractivity contribution is 6.11. The molecule has 0 amide bonds. The summed E-state index contributed by atoms with van der Waals surface area (Å²) in [5.41, 5.74) is 13.1. The second-order valence-corrected chi connectivity index (χ2v) is 11.3. The minimum atomic E-state index is 0.673. The van der Waals surface area contributed by atoms with Gasteiger partial charge in [-0.25, -0.2) is 0 Å². The molecule has 0 saturated carbocycles. The third-order valence-corrected chi connectivity index (χ3v) is 8.66. The van der Waals surface area contributed by atoms with E-state index < -0.39 is 0 Å². The fourth-order valence-electron chi connectivity index (χ4n) is 6.52. The molecule has 0 unspecified atom stereocenters. The van der Waals surface area contributed by atoms with E-state index >= 15 is 0 Å². The molecule has 0 aliphatic carbocycles. The van der Waals surface area contributed by atoms with E-state index in [0.717, 1.165) is 39.0 Å². The normalized spacial score (nSPS) is 11.1. The predicted octanol–water partition coefficient (Wildman–Crippen LogP) is 11.3. The summed E-state index contributed by atoms with van der Waals surface area (Å²) in [6, 6.07) is 62.1. The molecular formula is C43H28N2. The van der Waals surface area contributed by atoms with Crippen LogP contribution in [0, 0.1) is 11.3 Å². The first kappa shape index (κ1) is 26.5. The van der Waals surface area contributed by atoms with Crippen molar-refractivity contribution in [3.05, 3.63) is 175 Å².